The van der Waals surface area contributed by atoms with Crippen LogP contribution < -0.4 is 26.6 Å². The number of cyclic esters (lactones) is 2. The van der Waals surface area contributed by atoms with Gasteiger partial charge in [0, 0.05) is 88.1 Å². The number of hydrogen-bond donors (Lipinski definition) is 8. The van der Waals surface area contributed by atoms with Crippen LogP contribution in [0.1, 0.15) is 131 Å². The van der Waals surface area contributed by atoms with Crippen LogP contribution >= 0.6 is 56.7 Å². The summed E-state index contributed by atoms with van der Waals surface area (Å²) in [4.78, 5) is 142. The van der Waals surface area contributed by atoms with Crippen molar-refractivity contribution in [3.63, 3.8) is 0 Å². The van der Waals surface area contributed by atoms with E-state index in [4.69, 9.17) is 48.1 Å². The van der Waals surface area contributed by atoms with Crippen LogP contribution in [-0.4, -0.2) is 223 Å². The number of benzene rings is 1. The second kappa shape index (κ2) is 29.3. The van der Waals surface area contributed by atoms with Crippen LogP contribution in [0.25, 0.3) is 49.3 Å². The van der Waals surface area contributed by atoms with Gasteiger partial charge < -0.3 is 84.7 Å². The molecule has 0 spiro atoms. The number of carbonyl (C=O) groups excluding carboxylic acids is 7. The molecule has 7 aromatic heterocycles. The maximum absolute atomic E-state index is 15.2. The Kier molecular flexibility index (Phi) is 20.2. The Morgan fingerprint density at radius 2 is 1.53 bits per heavy atom. The summed E-state index contributed by atoms with van der Waals surface area (Å²) in [6.07, 6.45) is -5.69. The number of fused-ring (bicyclic) bond motifs is 16. The number of aromatic hydroxyl groups is 1. The summed E-state index contributed by atoms with van der Waals surface area (Å²) < 4.78 is 44.7. The standard InChI is InChI=1S/C66H71N15O16S5/c1-29(82)45-58(88)77-46(30(2)91-7)61-73-41(27-100-61)57(87)78-50-51-52(97-43-19-66(4)53(31(3)96-43)80(6)28-95-66)65(90)93-20-32-10-8-11-35-44(32)34(21-92-51)48(68-35)64(89)94-22-36(69-55(85)39-26-102-63(50)74-39)60-70-37(23-99-60)47-33(59-71-40(25-98-59)56(86)76-45)18-42(83)49(75-47)62-72-38(24-101-62)54(84)67-12-9-13-81-16-14-79(5)15-17-81/h8,10-11,18,23-27,29,31,36,43,45,50-53,68,82-83H,9,12-17,19-22,28H2,1-7H3,(H,67,84)(H,69,85)(H,76,86)(H,77,88)(H,78,87)/b46-30+. The molecule has 14 rings (SSSR count). The summed E-state index contributed by atoms with van der Waals surface area (Å²) in [5.74, 6) is -5.98. The van der Waals surface area contributed by atoms with E-state index >= 15 is 19.2 Å². The zero-order chi connectivity index (χ0) is 71.4. The number of likely N-dealkylation sites (N-methyl/N-ethyl adjacent to an activating group) is 2. The number of amides is 5. The van der Waals surface area contributed by atoms with E-state index < -0.39 is 109 Å². The van der Waals surface area contributed by atoms with E-state index in [0.717, 1.165) is 95.8 Å². The van der Waals surface area contributed by atoms with Crippen molar-refractivity contribution in [2.75, 3.05) is 73.8 Å². The zero-order valence-corrected chi connectivity index (χ0v) is 60.1. The molecule has 8 aromatic rings. The van der Waals surface area contributed by atoms with E-state index in [2.05, 4.69) is 63.4 Å². The minimum Gasteiger partial charge on any atom is -0.506 e. The molecule has 13 heterocycles. The van der Waals surface area contributed by atoms with Gasteiger partial charge >= 0.3 is 11.9 Å². The number of aromatic nitrogens is 7. The Bertz CT molecular complexity index is 4610. The molecule has 6 aliphatic heterocycles. The molecule has 3 saturated heterocycles. The van der Waals surface area contributed by atoms with Gasteiger partial charge in [0.1, 0.15) is 125 Å². The van der Waals surface area contributed by atoms with E-state index in [0.29, 0.717) is 29.7 Å². The van der Waals surface area contributed by atoms with Crippen molar-refractivity contribution in [2.45, 2.75) is 114 Å². The highest BCUT2D eigenvalue weighted by molar-refractivity contribution is 7.14. The molecule has 8 N–H and O–H groups in total. The first-order valence-corrected chi connectivity index (χ1v) is 37.1. The third-order valence-corrected chi connectivity index (χ3v) is 23.1. The summed E-state index contributed by atoms with van der Waals surface area (Å²) >= 11 is 4.97. The lowest BCUT2D eigenvalue weighted by atomic mass is 9.86. The number of hydrogen-bond acceptors (Lipinski definition) is 30. The number of esters is 2. The van der Waals surface area contributed by atoms with Crippen LogP contribution in [0.15, 0.2) is 56.9 Å². The molecular weight excluding hydrogens is 1420 g/mol. The summed E-state index contributed by atoms with van der Waals surface area (Å²) in [5, 5.41) is 45.8. The first-order chi connectivity index (χ1) is 49.1. The van der Waals surface area contributed by atoms with Crippen molar-refractivity contribution in [1.29, 1.82) is 0 Å². The summed E-state index contributed by atoms with van der Waals surface area (Å²) in [7, 11) is 5.35. The molecule has 31 nitrogen and oxygen atoms in total. The van der Waals surface area contributed by atoms with E-state index in [1.165, 1.54) is 43.2 Å². The second-order valence-electron chi connectivity index (χ2n) is 25.7. The highest BCUT2D eigenvalue weighted by atomic mass is 32.1. The molecule has 36 heteroatoms. The number of allylic oxidation sites excluding steroid dienone is 1. The number of thiazole rings is 5. The maximum Gasteiger partial charge on any atom is 0.355 e. The molecule has 10 unspecified atom stereocenters. The fourth-order valence-corrected chi connectivity index (χ4v) is 17.5. The molecule has 1 aromatic carbocycles. The number of aliphatic hydroxyl groups excluding tert-OH is 1. The number of aliphatic hydroxyl groups is 1. The molecule has 0 aliphatic carbocycles. The maximum atomic E-state index is 15.2. The van der Waals surface area contributed by atoms with Crippen LogP contribution in [0, 0.1) is 0 Å². The van der Waals surface area contributed by atoms with Crippen molar-refractivity contribution in [1.82, 2.24) is 76.2 Å². The molecule has 102 heavy (non-hydrogen) atoms. The fraction of sp³-hybridized carbons (Fsp3) is 0.439. The Morgan fingerprint density at radius 1 is 0.824 bits per heavy atom. The van der Waals surface area contributed by atoms with Gasteiger partial charge in [-0.25, -0.2) is 39.5 Å². The SMILES string of the molecule is CO/C(C)=C1/NC(=O)C(C(C)O)NC(=O)c2csc(n2)-c2cc(O)c(-c3nc(C(=O)NCCCN4CCN(C)CC4)cs3)nc2-c2csc(n2)C2COC(=O)c3[nH]c4cccc5c4c3COC(C(OC3CC4(C)OCN(C)C4C(C)O3)C(=O)OC5)C(NC(=O)c3csc1n3)c1nc(cs1)C(=O)N2. The van der Waals surface area contributed by atoms with Crippen LogP contribution in [0.2, 0.25) is 0 Å². The van der Waals surface area contributed by atoms with Gasteiger partial charge in [0.25, 0.3) is 23.6 Å². The number of H-pyrrole nitrogens is 1. The molecule has 12 bridgehead atoms. The van der Waals surface area contributed by atoms with Crippen LogP contribution in [0.5, 0.6) is 5.75 Å². The van der Waals surface area contributed by atoms with Crippen molar-refractivity contribution in [3.8, 4) is 38.4 Å². The van der Waals surface area contributed by atoms with Gasteiger partial charge in [0.15, 0.2) is 12.4 Å². The van der Waals surface area contributed by atoms with Gasteiger partial charge in [0.05, 0.1) is 44.3 Å². The third-order valence-electron chi connectivity index (χ3n) is 18.7. The zero-order valence-electron chi connectivity index (χ0n) is 56.1. The molecule has 0 saturated carbocycles. The van der Waals surface area contributed by atoms with E-state index in [1.807, 2.05) is 25.8 Å². The van der Waals surface area contributed by atoms with E-state index in [9.17, 15) is 24.6 Å². The minimum atomic E-state index is -1.76. The predicted molar refractivity (Wildman–Crippen MR) is 372 cm³/mol. The Hall–Kier alpha value is -8.63. The molecule has 10 atom stereocenters. The van der Waals surface area contributed by atoms with Gasteiger partial charge in [-0.05, 0) is 72.5 Å². The number of carbonyl (C=O) groups is 7. The van der Waals surface area contributed by atoms with Crippen LogP contribution in [-0.2, 0) is 56.0 Å². The Labute approximate surface area is 602 Å². The van der Waals surface area contributed by atoms with Crippen molar-refractivity contribution in [3.05, 3.63) is 112 Å². The van der Waals surface area contributed by atoms with Crippen molar-refractivity contribution < 1.29 is 76.9 Å². The number of pyridine rings is 1. The smallest absolute Gasteiger partial charge is 0.355 e. The molecular formula is C66H71N15O16S5. The fourth-order valence-electron chi connectivity index (χ4n) is 13.3. The van der Waals surface area contributed by atoms with Crippen LogP contribution in [0.3, 0.4) is 0 Å². The van der Waals surface area contributed by atoms with Gasteiger partial charge in [-0.2, -0.15) is 0 Å². The number of ether oxygens (including phenoxy) is 7. The van der Waals surface area contributed by atoms with Crippen molar-refractivity contribution in [2.24, 2.45) is 0 Å². The summed E-state index contributed by atoms with van der Waals surface area (Å²) in [6, 6.07) is 1.96. The van der Waals surface area contributed by atoms with E-state index in [1.54, 1.807) is 29.0 Å². The lowest BCUT2D eigenvalue weighted by Gasteiger charge is -2.45. The normalized spacial score (nSPS) is 25.6. The van der Waals surface area contributed by atoms with Gasteiger partial charge in [-0.1, -0.05) is 12.1 Å². The highest BCUT2D eigenvalue weighted by Gasteiger charge is 2.54. The third kappa shape index (κ3) is 14.2. The largest absolute Gasteiger partial charge is 0.506 e. The number of nitrogens with zero attached hydrogens (tertiary/aromatic N) is 9. The monoisotopic (exact) mass is 1490 g/mol. The quantitative estimate of drug-likeness (QED) is 0.0496. The lowest BCUT2D eigenvalue weighted by Crippen LogP contribution is -2.58. The first-order valence-electron chi connectivity index (χ1n) is 32.7. The predicted octanol–water partition coefficient (Wildman–Crippen LogP) is 5.18. The number of rotatable bonds is 10. The van der Waals surface area contributed by atoms with Crippen LogP contribution in [0.4, 0.5) is 0 Å². The topological polar surface area (TPSA) is 388 Å². The van der Waals surface area contributed by atoms with Crippen molar-refractivity contribution >= 4 is 115 Å². The Morgan fingerprint density at radius 3 is 2.31 bits per heavy atom. The summed E-state index contributed by atoms with van der Waals surface area (Å²) in [5.41, 5.74) is 0.146. The van der Waals surface area contributed by atoms with Gasteiger partial charge in [-0.3, -0.25) is 28.9 Å². The average molecular weight is 1490 g/mol. The van der Waals surface area contributed by atoms with E-state index in [-0.39, 0.29) is 118 Å². The number of nitrogens with one attached hydrogen (secondary N) is 6. The highest BCUT2D eigenvalue weighted by Crippen LogP contribution is 2.44. The minimum absolute atomic E-state index is 0.0285. The molecule has 6 aliphatic rings. The molecule has 0 radical (unpaired) electrons. The van der Waals surface area contributed by atoms with Gasteiger partial charge in [0.2, 0.25) is 5.91 Å². The number of aromatic amines is 1. The lowest BCUT2D eigenvalue weighted by molar-refractivity contribution is -0.268. The average Bonchev–Trinajstić information content (AvgIpc) is 1.58. The second-order valence-corrected chi connectivity index (χ2v) is 30.0. The first kappa shape index (κ1) is 70.4. The molecule has 3 fully saturated rings. The number of methoxy groups -OCH3 is 1. The molecule has 536 valence electrons. The Balaban J connectivity index is 0.889. The summed E-state index contributed by atoms with van der Waals surface area (Å²) in [6.45, 7) is 10.7. The molecule has 5 amide bonds. The van der Waals surface area contributed by atoms with Gasteiger partial charge in [-0.15, -0.1) is 56.7 Å². The number of piperazine rings is 1.